The molecular weight excluding hydrogens is 311 g/mol. The summed E-state index contributed by atoms with van der Waals surface area (Å²) in [5, 5.41) is 0.194. The molecule has 3 rings (SSSR count). The van der Waals surface area contributed by atoms with Crippen LogP contribution < -0.4 is 11.4 Å². The number of fused-ring (bicyclic) bond motifs is 1. The van der Waals surface area contributed by atoms with Crippen LogP contribution in [0.25, 0.3) is 10.9 Å². The van der Waals surface area contributed by atoms with Crippen LogP contribution in [0.1, 0.15) is 11.1 Å². The van der Waals surface area contributed by atoms with Gasteiger partial charge in [-0.05, 0) is 29.8 Å². The molecule has 4 nitrogen and oxygen atoms in total. The van der Waals surface area contributed by atoms with Crippen molar-refractivity contribution in [1.29, 1.82) is 0 Å². The molecule has 0 amide bonds. The minimum absolute atomic E-state index is 0.132. The van der Waals surface area contributed by atoms with Gasteiger partial charge < -0.3 is 4.42 Å². The lowest BCUT2D eigenvalue weighted by Gasteiger charge is -2.11. The average Bonchev–Trinajstić information content (AvgIpc) is 2.51. The van der Waals surface area contributed by atoms with Crippen molar-refractivity contribution < 1.29 is 17.6 Å². The lowest BCUT2D eigenvalue weighted by atomic mass is 10.1. The minimum Gasteiger partial charge on any atom is -0.372 e. The maximum atomic E-state index is 12.8. The molecule has 3 aromatic rings. The third-order valence-electron chi connectivity index (χ3n) is 3.41. The fourth-order valence-corrected chi connectivity index (χ4v) is 2.35. The molecule has 0 fully saturated rings. The molecule has 0 aliphatic rings. The van der Waals surface area contributed by atoms with Crippen LogP contribution in [-0.2, 0) is 12.7 Å². The van der Waals surface area contributed by atoms with Crippen LogP contribution in [0.4, 0.5) is 13.2 Å². The zero-order valence-corrected chi connectivity index (χ0v) is 11.6. The molecule has 0 spiro atoms. The van der Waals surface area contributed by atoms with Gasteiger partial charge in [-0.1, -0.05) is 24.3 Å². The Labute approximate surface area is 127 Å². The molecule has 0 N–H and O–H groups in total. The number of para-hydroxylation sites is 1. The van der Waals surface area contributed by atoms with Gasteiger partial charge in [0.25, 0.3) is 0 Å². The second-order valence-corrected chi connectivity index (χ2v) is 4.96. The summed E-state index contributed by atoms with van der Waals surface area (Å²) in [6.45, 7) is -0.132. The number of aromatic nitrogens is 1. The van der Waals surface area contributed by atoms with Gasteiger partial charge in [-0.15, -0.1) is 0 Å². The van der Waals surface area contributed by atoms with Crippen LogP contribution in [0.3, 0.4) is 0 Å². The van der Waals surface area contributed by atoms with Crippen molar-refractivity contribution in [1.82, 2.24) is 4.57 Å². The van der Waals surface area contributed by atoms with Gasteiger partial charge in [0.05, 0.1) is 23.0 Å². The summed E-state index contributed by atoms with van der Waals surface area (Å²) in [5.74, 6) is -0.911. The fraction of sp³-hybridized carbons (Fsp3) is 0.125. The van der Waals surface area contributed by atoms with E-state index in [-0.39, 0.29) is 17.5 Å². The van der Waals surface area contributed by atoms with E-state index < -0.39 is 23.1 Å². The zero-order chi connectivity index (χ0) is 16.6. The van der Waals surface area contributed by atoms with Crippen molar-refractivity contribution in [3.05, 3.63) is 80.6 Å². The van der Waals surface area contributed by atoms with Crippen molar-refractivity contribution in [3.8, 4) is 0 Å². The van der Waals surface area contributed by atoms with Crippen LogP contribution in [0.15, 0.2) is 62.5 Å². The summed E-state index contributed by atoms with van der Waals surface area (Å²) in [6.07, 6.45) is -4.47. The maximum Gasteiger partial charge on any atom is 0.422 e. The second kappa shape index (κ2) is 5.42. The van der Waals surface area contributed by atoms with Crippen LogP contribution in [0.5, 0.6) is 0 Å². The van der Waals surface area contributed by atoms with Gasteiger partial charge in [0.15, 0.2) is 0 Å². The van der Waals surface area contributed by atoms with E-state index in [4.69, 9.17) is 0 Å². The smallest absolute Gasteiger partial charge is 0.372 e. The van der Waals surface area contributed by atoms with E-state index >= 15 is 0 Å². The monoisotopic (exact) mass is 321 g/mol. The van der Waals surface area contributed by atoms with Crippen LogP contribution in [0.2, 0.25) is 0 Å². The first-order valence-corrected chi connectivity index (χ1v) is 6.65. The van der Waals surface area contributed by atoms with Gasteiger partial charge in [0, 0.05) is 0 Å². The molecule has 0 aliphatic heterocycles. The number of halogens is 3. The molecule has 23 heavy (non-hydrogen) atoms. The Morgan fingerprint density at radius 1 is 1.00 bits per heavy atom. The number of nitrogens with zero attached hydrogens (tertiary/aromatic N) is 1. The first-order valence-electron chi connectivity index (χ1n) is 6.65. The largest absolute Gasteiger partial charge is 0.422 e. The van der Waals surface area contributed by atoms with E-state index in [0.29, 0.717) is 5.52 Å². The molecular formula is C16H10F3NO3. The maximum absolute atomic E-state index is 12.8. The molecule has 0 atom stereocenters. The Morgan fingerprint density at radius 2 is 1.74 bits per heavy atom. The fourth-order valence-electron chi connectivity index (χ4n) is 2.35. The summed E-state index contributed by atoms with van der Waals surface area (Å²) in [6, 6.07) is 10.9. The Bertz CT molecular complexity index is 986. The molecule has 0 radical (unpaired) electrons. The molecule has 118 valence electrons. The molecule has 0 unspecified atom stereocenters. The van der Waals surface area contributed by atoms with Crippen molar-refractivity contribution in [3.63, 3.8) is 0 Å². The normalized spacial score (nSPS) is 11.8. The Morgan fingerprint density at radius 3 is 2.48 bits per heavy atom. The summed E-state index contributed by atoms with van der Waals surface area (Å²) in [7, 11) is 0. The third-order valence-corrected chi connectivity index (χ3v) is 3.41. The van der Waals surface area contributed by atoms with E-state index in [1.54, 1.807) is 18.2 Å². The highest BCUT2D eigenvalue weighted by Gasteiger charge is 2.30. The minimum atomic E-state index is -4.47. The molecule has 0 aliphatic carbocycles. The van der Waals surface area contributed by atoms with E-state index in [1.807, 2.05) is 0 Å². The zero-order valence-electron chi connectivity index (χ0n) is 11.6. The number of alkyl halides is 3. The topological polar surface area (TPSA) is 52.2 Å². The van der Waals surface area contributed by atoms with Gasteiger partial charge in [-0.25, -0.2) is 9.59 Å². The Kier molecular flexibility index (Phi) is 3.55. The molecule has 2 aromatic carbocycles. The molecule has 0 bridgehead atoms. The van der Waals surface area contributed by atoms with Crippen LogP contribution >= 0.6 is 0 Å². The number of hydrogen-bond acceptors (Lipinski definition) is 3. The summed E-state index contributed by atoms with van der Waals surface area (Å²) in [4.78, 5) is 23.6. The number of hydrogen-bond donors (Lipinski definition) is 0. The molecule has 0 saturated carbocycles. The van der Waals surface area contributed by atoms with Crippen molar-refractivity contribution in [2.24, 2.45) is 0 Å². The summed E-state index contributed by atoms with van der Waals surface area (Å²) < 4.78 is 44.0. The number of benzene rings is 2. The van der Waals surface area contributed by atoms with Crippen molar-refractivity contribution in [2.75, 3.05) is 0 Å². The second-order valence-electron chi connectivity index (χ2n) is 4.96. The summed E-state index contributed by atoms with van der Waals surface area (Å²) >= 11 is 0. The third kappa shape index (κ3) is 2.90. The first-order chi connectivity index (χ1) is 10.9. The van der Waals surface area contributed by atoms with Gasteiger partial charge >= 0.3 is 17.6 Å². The van der Waals surface area contributed by atoms with Gasteiger partial charge in [-0.3, -0.25) is 4.57 Å². The Hall–Kier alpha value is -2.83. The van der Waals surface area contributed by atoms with Crippen molar-refractivity contribution >= 4 is 10.9 Å². The van der Waals surface area contributed by atoms with E-state index in [2.05, 4.69) is 4.42 Å². The first kappa shape index (κ1) is 15.1. The predicted octanol–water partition coefficient (Wildman–Crippen LogP) is 3.02. The standard InChI is InChI=1S/C16H10F3NO3/c17-16(18,19)11-5-3-4-10(8-11)9-20-13-7-2-1-6-12(13)14(21)23-15(20)22/h1-8H,9H2. The van der Waals surface area contributed by atoms with Crippen LogP contribution in [-0.4, -0.2) is 4.57 Å². The van der Waals surface area contributed by atoms with Crippen LogP contribution in [0, 0.1) is 0 Å². The van der Waals surface area contributed by atoms with E-state index in [0.717, 1.165) is 16.7 Å². The molecule has 7 heteroatoms. The summed E-state index contributed by atoms with van der Waals surface area (Å²) in [5.41, 5.74) is -0.984. The Balaban J connectivity index is 2.13. The van der Waals surface area contributed by atoms with Gasteiger partial charge in [0.2, 0.25) is 0 Å². The number of rotatable bonds is 2. The van der Waals surface area contributed by atoms with Crippen molar-refractivity contribution in [2.45, 2.75) is 12.7 Å². The van der Waals surface area contributed by atoms with Gasteiger partial charge in [0.1, 0.15) is 0 Å². The van der Waals surface area contributed by atoms with Gasteiger partial charge in [-0.2, -0.15) is 13.2 Å². The average molecular weight is 321 g/mol. The molecule has 1 aromatic heterocycles. The highest BCUT2D eigenvalue weighted by atomic mass is 19.4. The molecule has 1 heterocycles. The predicted molar refractivity (Wildman–Crippen MR) is 77.3 cm³/mol. The lowest BCUT2D eigenvalue weighted by Crippen LogP contribution is -2.25. The van der Waals surface area contributed by atoms with E-state index in [9.17, 15) is 22.8 Å². The molecule has 0 saturated heterocycles. The quantitative estimate of drug-likeness (QED) is 0.729. The lowest BCUT2D eigenvalue weighted by molar-refractivity contribution is -0.137. The highest BCUT2D eigenvalue weighted by molar-refractivity contribution is 5.77. The highest BCUT2D eigenvalue weighted by Crippen LogP contribution is 2.29. The van der Waals surface area contributed by atoms with E-state index in [1.165, 1.54) is 18.2 Å². The SMILES string of the molecule is O=c1oc(=O)n(Cc2cccc(C(F)(F)F)c2)c2ccccc12.